The molecule has 1 atom stereocenters. The highest BCUT2D eigenvalue weighted by molar-refractivity contribution is 6.05. The molecule has 2 aliphatic rings. The quantitative estimate of drug-likeness (QED) is 0.613. The molecule has 6 heteroatoms. The first-order valence-electron chi connectivity index (χ1n) is 6.99. The minimum Gasteiger partial charge on any atom is -0.352 e. The highest BCUT2D eigenvalue weighted by Crippen LogP contribution is 2.18. The average Bonchev–Trinajstić information content (AvgIpc) is 2.64. The molecule has 110 valence electrons. The van der Waals surface area contributed by atoms with Gasteiger partial charge < -0.3 is 10.2 Å². The molecule has 1 heterocycles. The molecule has 0 aromatic heterocycles. The van der Waals surface area contributed by atoms with Gasteiger partial charge in [-0.05, 0) is 25.7 Å². The fraction of sp³-hybridized carbons (Fsp3) is 0.643. The molecule has 0 aromatic carbocycles. The Labute approximate surface area is 118 Å². The van der Waals surface area contributed by atoms with Crippen molar-refractivity contribution < 1.29 is 14.4 Å². The number of allylic oxidation sites excluding steroid dienone is 1. The normalized spacial score (nSPS) is 23.1. The predicted molar refractivity (Wildman–Crippen MR) is 73.9 cm³/mol. The maximum Gasteiger partial charge on any atom is 0.326 e. The van der Waals surface area contributed by atoms with E-state index >= 15 is 0 Å². The van der Waals surface area contributed by atoms with Crippen molar-refractivity contribution in [2.45, 2.75) is 38.1 Å². The topological polar surface area (TPSA) is 69.7 Å². The van der Waals surface area contributed by atoms with Crippen LogP contribution in [0.4, 0.5) is 4.79 Å². The van der Waals surface area contributed by atoms with Gasteiger partial charge in [-0.15, -0.1) is 0 Å². The summed E-state index contributed by atoms with van der Waals surface area (Å²) >= 11 is 0. The Hall–Kier alpha value is -1.85. The van der Waals surface area contributed by atoms with E-state index in [1.54, 1.807) is 7.05 Å². The van der Waals surface area contributed by atoms with Crippen LogP contribution in [0.2, 0.25) is 0 Å². The summed E-state index contributed by atoms with van der Waals surface area (Å²) in [5.74, 6) is -0.505. The molecule has 20 heavy (non-hydrogen) atoms. The molecule has 1 fully saturated rings. The second-order valence-corrected chi connectivity index (χ2v) is 5.40. The van der Waals surface area contributed by atoms with Gasteiger partial charge >= 0.3 is 6.03 Å². The van der Waals surface area contributed by atoms with E-state index in [2.05, 4.69) is 11.4 Å². The summed E-state index contributed by atoms with van der Waals surface area (Å²) in [5.41, 5.74) is 1.25. The molecule has 1 aliphatic heterocycles. The van der Waals surface area contributed by atoms with E-state index in [9.17, 15) is 14.4 Å². The van der Waals surface area contributed by atoms with E-state index in [1.807, 2.05) is 0 Å². The Bertz CT molecular complexity index is 459. The molecule has 2 rings (SSSR count). The van der Waals surface area contributed by atoms with Gasteiger partial charge in [-0.2, -0.15) is 0 Å². The van der Waals surface area contributed by atoms with Crippen molar-refractivity contribution in [1.29, 1.82) is 0 Å². The van der Waals surface area contributed by atoms with Crippen molar-refractivity contribution in [1.82, 2.24) is 15.1 Å². The van der Waals surface area contributed by atoms with Crippen LogP contribution in [0.3, 0.4) is 0 Å². The third kappa shape index (κ3) is 3.00. The fourth-order valence-corrected chi connectivity index (χ4v) is 2.60. The maximum atomic E-state index is 11.9. The second-order valence-electron chi connectivity index (χ2n) is 5.40. The van der Waals surface area contributed by atoms with Crippen LogP contribution in [-0.2, 0) is 9.59 Å². The molecule has 6 nitrogen and oxygen atoms in total. The number of likely N-dealkylation sites (N-methyl/N-ethyl adjacent to an activating group) is 2. The largest absolute Gasteiger partial charge is 0.352 e. The Morgan fingerprint density at radius 2 is 2.10 bits per heavy atom. The molecular formula is C14H21N3O3. The number of carbonyl (C=O) groups is 3. The van der Waals surface area contributed by atoms with Gasteiger partial charge in [-0.3, -0.25) is 14.5 Å². The Balaban J connectivity index is 1.84. The highest BCUT2D eigenvalue weighted by Gasteiger charge is 2.41. The summed E-state index contributed by atoms with van der Waals surface area (Å²) in [7, 11) is 2.98. The summed E-state index contributed by atoms with van der Waals surface area (Å²) in [6.45, 7) is 0.549. The van der Waals surface area contributed by atoms with Crippen LogP contribution in [-0.4, -0.2) is 54.3 Å². The van der Waals surface area contributed by atoms with Gasteiger partial charge in [0.15, 0.2) is 0 Å². The number of hydrogen-bond acceptors (Lipinski definition) is 3. The van der Waals surface area contributed by atoms with Crippen LogP contribution in [0.25, 0.3) is 0 Å². The Morgan fingerprint density at radius 1 is 1.35 bits per heavy atom. The van der Waals surface area contributed by atoms with E-state index in [-0.39, 0.29) is 24.3 Å². The van der Waals surface area contributed by atoms with Gasteiger partial charge in [-0.1, -0.05) is 11.6 Å². The molecule has 4 amide bonds. The molecule has 0 bridgehead atoms. The first-order valence-corrected chi connectivity index (χ1v) is 6.99. The van der Waals surface area contributed by atoms with E-state index < -0.39 is 6.04 Å². The van der Waals surface area contributed by atoms with Gasteiger partial charge in [0, 0.05) is 20.6 Å². The first kappa shape index (κ1) is 14.6. The molecule has 0 unspecified atom stereocenters. The molecule has 0 spiro atoms. The predicted octanol–water partition coefficient (Wildman–Crippen LogP) is 0.885. The van der Waals surface area contributed by atoms with Crippen LogP contribution in [0.1, 0.15) is 32.1 Å². The Morgan fingerprint density at radius 3 is 2.65 bits per heavy atom. The number of urea groups is 1. The molecule has 0 aromatic rings. The minimum absolute atomic E-state index is 0.0265. The average molecular weight is 279 g/mol. The molecular weight excluding hydrogens is 258 g/mol. The third-order valence-electron chi connectivity index (χ3n) is 3.95. The van der Waals surface area contributed by atoms with Crippen molar-refractivity contribution in [2.24, 2.45) is 0 Å². The summed E-state index contributed by atoms with van der Waals surface area (Å²) < 4.78 is 0. The number of amides is 4. The molecule has 1 N–H and O–H groups in total. The van der Waals surface area contributed by atoms with Gasteiger partial charge in [-0.25, -0.2) is 4.79 Å². The zero-order valence-electron chi connectivity index (χ0n) is 12.0. The monoisotopic (exact) mass is 279 g/mol. The lowest BCUT2D eigenvalue weighted by Gasteiger charge is -2.17. The molecule has 1 aliphatic carbocycles. The van der Waals surface area contributed by atoms with Crippen LogP contribution >= 0.6 is 0 Å². The van der Waals surface area contributed by atoms with Crippen molar-refractivity contribution in [3.63, 3.8) is 0 Å². The number of nitrogens with one attached hydrogen (secondary N) is 1. The lowest BCUT2D eigenvalue weighted by Crippen LogP contribution is -2.38. The van der Waals surface area contributed by atoms with Crippen molar-refractivity contribution in [3.05, 3.63) is 11.6 Å². The lowest BCUT2D eigenvalue weighted by atomic mass is 9.99. The number of rotatable bonds is 4. The van der Waals surface area contributed by atoms with Crippen molar-refractivity contribution >= 4 is 17.8 Å². The maximum absolute atomic E-state index is 11.9. The molecule has 0 radical (unpaired) electrons. The van der Waals surface area contributed by atoms with Crippen molar-refractivity contribution in [3.8, 4) is 0 Å². The van der Waals surface area contributed by atoms with Crippen LogP contribution < -0.4 is 5.32 Å². The number of nitrogens with zero attached hydrogens (tertiary/aromatic N) is 2. The van der Waals surface area contributed by atoms with Crippen molar-refractivity contribution in [2.75, 3.05) is 20.6 Å². The number of imide groups is 1. The smallest absolute Gasteiger partial charge is 0.326 e. The van der Waals surface area contributed by atoms with Crippen LogP contribution in [0.5, 0.6) is 0 Å². The Kier molecular flexibility index (Phi) is 4.42. The van der Waals surface area contributed by atoms with Gasteiger partial charge in [0.1, 0.15) is 6.04 Å². The van der Waals surface area contributed by atoms with E-state index in [4.69, 9.17) is 0 Å². The fourth-order valence-electron chi connectivity index (χ4n) is 2.60. The minimum atomic E-state index is -0.673. The zero-order chi connectivity index (χ0) is 14.7. The summed E-state index contributed by atoms with van der Waals surface area (Å²) in [5, 5.41) is 2.83. The van der Waals surface area contributed by atoms with Gasteiger partial charge in [0.2, 0.25) is 5.91 Å². The highest BCUT2D eigenvalue weighted by atomic mass is 16.2. The van der Waals surface area contributed by atoms with E-state index in [0.29, 0.717) is 6.54 Å². The zero-order valence-corrected chi connectivity index (χ0v) is 12.0. The molecule has 1 saturated heterocycles. The van der Waals surface area contributed by atoms with Gasteiger partial charge in [0.25, 0.3) is 5.91 Å². The number of carbonyl (C=O) groups excluding carboxylic acids is 3. The summed E-state index contributed by atoms with van der Waals surface area (Å²) in [6, 6.07) is -1.03. The lowest BCUT2D eigenvalue weighted by molar-refractivity contribution is -0.131. The van der Waals surface area contributed by atoms with Crippen LogP contribution in [0.15, 0.2) is 11.6 Å². The third-order valence-corrected chi connectivity index (χ3v) is 3.95. The standard InChI is InChI=1S/C14H21N3O3/c1-16-11(13(19)17(2)14(16)20)8-12(18)15-9-10-6-4-3-5-7-10/h6,11H,3-5,7-9H2,1-2H3,(H,15,18)/t11-/m0/s1. The van der Waals surface area contributed by atoms with Crippen LogP contribution in [0, 0.1) is 0 Å². The second kappa shape index (κ2) is 6.07. The SMILES string of the molecule is CN1C(=O)[C@H](CC(=O)NCC2=CCCCC2)N(C)C1=O. The first-order chi connectivity index (χ1) is 9.50. The summed E-state index contributed by atoms with van der Waals surface area (Å²) in [6.07, 6.45) is 6.70. The van der Waals surface area contributed by atoms with Gasteiger partial charge in [0.05, 0.1) is 6.42 Å². The molecule has 0 saturated carbocycles. The van der Waals surface area contributed by atoms with E-state index in [1.165, 1.54) is 30.4 Å². The summed E-state index contributed by atoms with van der Waals surface area (Å²) in [4.78, 5) is 37.7. The number of hydrogen-bond donors (Lipinski definition) is 1. The van der Waals surface area contributed by atoms with E-state index in [0.717, 1.165) is 17.7 Å².